The molecule has 1 aliphatic rings. The number of aliphatic hydroxyl groups is 1. The number of likely N-dealkylation sites (tertiary alicyclic amines) is 1. The second kappa shape index (κ2) is 10.9. The van der Waals surface area contributed by atoms with Gasteiger partial charge in [-0.2, -0.15) is 0 Å². The fourth-order valence-electron chi connectivity index (χ4n) is 4.08. The van der Waals surface area contributed by atoms with E-state index < -0.39 is 23.7 Å². The zero-order chi connectivity index (χ0) is 24.8. The average Bonchev–Trinajstić information content (AvgIpc) is 3.08. The number of carboxylic acids is 1. The standard InChI is InChI=1S/C26H29NO7/c1-16-8-10-17(11-9-16)24(30)22-23(18-12-13-19(33-2)20(15-18)34-3)27(26(32)25(22)31)14-6-4-5-7-21(28)29/h8-13,15,23,30H,4-7,14H2,1-3H3,(H,28,29)/t23-/m1/s1. The minimum atomic E-state index is -0.871. The summed E-state index contributed by atoms with van der Waals surface area (Å²) in [5, 5.41) is 19.9. The number of aliphatic carboxylic acids is 1. The predicted octanol–water partition coefficient (Wildman–Crippen LogP) is 4.08. The zero-order valence-corrected chi connectivity index (χ0v) is 19.5. The molecule has 8 nitrogen and oxygen atoms in total. The van der Waals surface area contributed by atoms with Crippen LogP contribution in [0.5, 0.6) is 11.5 Å². The van der Waals surface area contributed by atoms with E-state index >= 15 is 0 Å². The largest absolute Gasteiger partial charge is 0.507 e. The van der Waals surface area contributed by atoms with Gasteiger partial charge in [-0.05, 0) is 37.5 Å². The number of aryl methyl sites for hydroxylation is 1. The van der Waals surface area contributed by atoms with E-state index in [-0.39, 0.29) is 24.3 Å². The molecule has 0 radical (unpaired) electrons. The number of aliphatic hydroxyl groups excluding tert-OH is 1. The molecule has 8 heteroatoms. The van der Waals surface area contributed by atoms with E-state index in [4.69, 9.17) is 14.6 Å². The molecule has 34 heavy (non-hydrogen) atoms. The van der Waals surface area contributed by atoms with Gasteiger partial charge in [-0.1, -0.05) is 42.3 Å². The number of carbonyl (C=O) groups is 3. The molecule has 0 saturated carbocycles. The Balaban J connectivity index is 2.04. The van der Waals surface area contributed by atoms with Crippen LogP contribution in [0.1, 0.15) is 48.4 Å². The number of nitrogens with zero attached hydrogens (tertiary/aromatic N) is 1. The molecule has 1 aliphatic heterocycles. The van der Waals surface area contributed by atoms with Crippen LogP contribution in [0, 0.1) is 6.92 Å². The van der Waals surface area contributed by atoms with Crippen LogP contribution in [0.3, 0.4) is 0 Å². The zero-order valence-electron chi connectivity index (χ0n) is 19.5. The van der Waals surface area contributed by atoms with Crippen LogP contribution in [0.4, 0.5) is 0 Å². The second-order valence-electron chi connectivity index (χ2n) is 8.18. The number of unbranched alkanes of at least 4 members (excludes halogenated alkanes) is 2. The lowest BCUT2D eigenvalue weighted by Gasteiger charge is -2.26. The number of rotatable bonds is 10. The van der Waals surface area contributed by atoms with Gasteiger partial charge in [0.1, 0.15) is 5.76 Å². The van der Waals surface area contributed by atoms with Gasteiger partial charge in [0.25, 0.3) is 11.7 Å². The van der Waals surface area contributed by atoms with Crippen molar-refractivity contribution in [1.82, 2.24) is 4.90 Å². The molecule has 0 bridgehead atoms. The summed E-state index contributed by atoms with van der Waals surface area (Å²) in [5.41, 5.74) is 2.04. The Morgan fingerprint density at radius 2 is 1.62 bits per heavy atom. The Hall–Kier alpha value is -3.81. The Labute approximate surface area is 198 Å². The molecule has 1 fully saturated rings. The highest BCUT2D eigenvalue weighted by atomic mass is 16.5. The summed E-state index contributed by atoms with van der Waals surface area (Å²) in [6, 6.07) is 11.3. The Bertz CT molecular complexity index is 1100. The summed E-state index contributed by atoms with van der Waals surface area (Å²) in [6.45, 7) is 2.16. The highest BCUT2D eigenvalue weighted by Crippen LogP contribution is 2.42. The van der Waals surface area contributed by atoms with Gasteiger partial charge >= 0.3 is 5.97 Å². The van der Waals surface area contributed by atoms with Gasteiger partial charge in [0.2, 0.25) is 0 Å². The Kier molecular flexibility index (Phi) is 7.94. The quantitative estimate of drug-likeness (QED) is 0.234. The number of ketones is 1. The van der Waals surface area contributed by atoms with Gasteiger partial charge in [0, 0.05) is 18.5 Å². The molecule has 1 saturated heterocycles. The van der Waals surface area contributed by atoms with Crippen molar-refractivity contribution in [3.05, 3.63) is 64.7 Å². The fourth-order valence-corrected chi connectivity index (χ4v) is 4.08. The van der Waals surface area contributed by atoms with E-state index in [1.165, 1.54) is 19.1 Å². The van der Waals surface area contributed by atoms with E-state index in [1.54, 1.807) is 30.3 Å². The summed E-state index contributed by atoms with van der Waals surface area (Å²) < 4.78 is 10.7. The normalized spacial score (nSPS) is 17.1. The van der Waals surface area contributed by atoms with Gasteiger partial charge in [0.15, 0.2) is 11.5 Å². The lowest BCUT2D eigenvalue weighted by molar-refractivity contribution is -0.140. The van der Waals surface area contributed by atoms with Crippen LogP contribution in [0.15, 0.2) is 48.0 Å². The molecule has 0 spiro atoms. The third-order valence-corrected chi connectivity index (χ3v) is 5.88. The molecular weight excluding hydrogens is 438 g/mol. The number of hydrogen-bond acceptors (Lipinski definition) is 6. The molecule has 2 aromatic carbocycles. The van der Waals surface area contributed by atoms with E-state index in [9.17, 15) is 19.5 Å². The summed E-state index contributed by atoms with van der Waals surface area (Å²) >= 11 is 0. The lowest BCUT2D eigenvalue weighted by atomic mass is 9.94. The van der Waals surface area contributed by atoms with Gasteiger partial charge in [-0.15, -0.1) is 0 Å². The van der Waals surface area contributed by atoms with E-state index in [0.717, 1.165) is 5.56 Å². The minimum absolute atomic E-state index is 0.00612. The topological polar surface area (TPSA) is 113 Å². The van der Waals surface area contributed by atoms with Crippen molar-refractivity contribution >= 4 is 23.4 Å². The van der Waals surface area contributed by atoms with Gasteiger partial charge in [-0.3, -0.25) is 14.4 Å². The number of carboxylic acid groups (broad SMARTS) is 1. The molecule has 1 heterocycles. The molecule has 1 amide bonds. The molecule has 2 N–H and O–H groups in total. The number of benzene rings is 2. The maximum atomic E-state index is 13.1. The van der Waals surface area contributed by atoms with E-state index in [1.807, 2.05) is 19.1 Å². The third kappa shape index (κ3) is 5.22. The fraction of sp³-hybridized carbons (Fsp3) is 0.346. The summed E-state index contributed by atoms with van der Waals surface area (Å²) in [5.74, 6) is -1.65. The average molecular weight is 468 g/mol. The molecule has 2 aromatic rings. The molecule has 1 atom stereocenters. The molecule has 0 unspecified atom stereocenters. The third-order valence-electron chi connectivity index (χ3n) is 5.88. The number of hydrogen-bond donors (Lipinski definition) is 2. The first-order valence-corrected chi connectivity index (χ1v) is 11.1. The van der Waals surface area contributed by atoms with Crippen LogP contribution >= 0.6 is 0 Å². The van der Waals surface area contributed by atoms with Crippen LogP contribution in [0.2, 0.25) is 0 Å². The van der Waals surface area contributed by atoms with Crippen LogP contribution in [-0.4, -0.2) is 53.5 Å². The number of amides is 1. The summed E-state index contributed by atoms with van der Waals surface area (Å²) in [6.07, 6.45) is 1.63. The highest BCUT2D eigenvalue weighted by Gasteiger charge is 2.46. The first-order valence-electron chi connectivity index (χ1n) is 11.1. The van der Waals surface area contributed by atoms with Crippen LogP contribution in [-0.2, 0) is 14.4 Å². The van der Waals surface area contributed by atoms with Crippen molar-refractivity contribution in [3.63, 3.8) is 0 Å². The van der Waals surface area contributed by atoms with E-state index in [2.05, 4.69) is 0 Å². The second-order valence-corrected chi connectivity index (χ2v) is 8.18. The maximum Gasteiger partial charge on any atom is 0.303 e. The van der Waals surface area contributed by atoms with Crippen molar-refractivity contribution in [2.75, 3.05) is 20.8 Å². The molecule has 0 aliphatic carbocycles. The SMILES string of the molecule is COc1ccc([C@@H]2C(=C(O)c3ccc(C)cc3)C(=O)C(=O)N2CCCCCC(=O)O)cc1OC. The molecule has 180 valence electrons. The Morgan fingerprint density at radius 3 is 2.24 bits per heavy atom. The molecular formula is C26H29NO7. The van der Waals surface area contributed by atoms with Crippen molar-refractivity contribution in [3.8, 4) is 11.5 Å². The Morgan fingerprint density at radius 1 is 0.941 bits per heavy atom. The summed E-state index contributed by atoms with van der Waals surface area (Å²) in [7, 11) is 3.01. The molecule has 3 rings (SSSR count). The minimum Gasteiger partial charge on any atom is -0.507 e. The van der Waals surface area contributed by atoms with Gasteiger partial charge in [0.05, 0.1) is 25.8 Å². The number of methoxy groups -OCH3 is 2. The van der Waals surface area contributed by atoms with Crippen molar-refractivity contribution in [2.24, 2.45) is 0 Å². The van der Waals surface area contributed by atoms with Crippen LogP contribution in [0.25, 0.3) is 5.76 Å². The lowest BCUT2D eigenvalue weighted by Crippen LogP contribution is -2.30. The smallest absolute Gasteiger partial charge is 0.303 e. The number of carbonyl (C=O) groups excluding carboxylic acids is 2. The van der Waals surface area contributed by atoms with Crippen LogP contribution < -0.4 is 9.47 Å². The van der Waals surface area contributed by atoms with E-state index in [0.29, 0.717) is 41.9 Å². The van der Waals surface area contributed by atoms with Crippen molar-refractivity contribution in [2.45, 2.75) is 38.6 Å². The first-order chi connectivity index (χ1) is 16.3. The first kappa shape index (κ1) is 24.8. The molecule has 0 aromatic heterocycles. The predicted molar refractivity (Wildman–Crippen MR) is 126 cm³/mol. The maximum absolute atomic E-state index is 13.1. The highest BCUT2D eigenvalue weighted by molar-refractivity contribution is 6.46. The monoisotopic (exact) mass is 467 g/mol. The summed E-state index contributed by atoms with van der Waals surface area (Å²) in [4.78, 5) is 38.3. The number of Topliss-reactive ketones (excluding diaryl/α,β-unsaturated/α-hetero) is 1. The van der Waals surface area contributed by atoms with Gasteiger partial charge in [-0.25, -0.2) is 0 Å². The van der Waals surface area contributed by atoms with Crippen molar-refractivity contribution in [1.29, 1.82) is 0 Å². The van der Waals surface area contributed by atoms with Gasteiger partial charge < -0.3 is 24.6 Å². The number of ether oxygens (including phenoxy) is 2. The van der Waals surface area contributed by atoms with Crippen molar-refractivity contribution < 1.29 is 34.1 Å².